The monoisotopic (exact) mass is 317 g/mol. The van der Waals surface area contributed by atoms with E-state index in [0.29, 0.717) is 0 Å². The summed E-state index contributed by atoms with van der Waals surface area (Å²) in [6.45, 7) is 0. The second kappa shape index (κ2) is 3.77. The van der Waals surface area contributed by atoms with Crippen molar-refractivity contribution < 1.29 is 39.5 Å². The summed E-state index contributed by atoms with van der Waals surface area (Å²) in [7, 11) is -0.00140. The summed E-state index contributed by atoms with van der Waals surface area (Å²) in [5, 5.41) is 0. The van der Waals surface area contributed by atoms with Crippen LogP contribution in [0, 0.1) is 0 Å². The maximum atomic E-state index is 12.4. The predicted octanol–water partition coefficient (Wildman–Crippen LogP) is 4.73. The van der Waals surface area contributed by atoms with Crippen LogP contribution in [-0.4, -0.2) is 36.5 Å². The van der Waals surface area contributed by atoms with Crippen molar-refractivity contribution in [3.05, 3.63) is 0 Å². The van der Waals surface area contributed by atoms with Gasteiger partial charge in [0.15, 0.2) is 0 Å². The molecule has 0 aromatic rings. The Morgan fingerprint density at radius 2 is 0.882 bits per heavy atom. The minimum atomic E-state index is -8.67. The SMILES string of the molecule is CN(C)P(Cl)(C(F)(F)F)(C(F)(F)F)C(F)(F)F. The van der Waals surface area contributed by atoms with Crippen molar-refractivity contribution in [3.63, 3.8) is 0 Å². The summed E-state index contributed by atoms with van der Waals surface area (Å²) in [6.07, 6.45) is -8.67. The summed E-state index contributed by atoms with van der Waals surface area (Å²) in [6, 6.07) is 0. The van der Waals surface area contributed by atoms with E-state index in [-0.39, 0.29) is 14.1 Å². The maximum absolute atomic E-state index is 12.4. The molecule has 0 aliphatic carbocycles. The van der Waals surface area contributed by atoms with Crippen molar-refractivity contribution in [1.29, 1.82) is 0 Å². The van der Waals surface area contributed by atoms with E-state index in [1.165, 1.54) is 0 Å². The molecule has 0 amide bonds. The Hall–Kier alpha value is 0.0500. The fourth-order valence-electron chi connectivity index (χ4n) is 1.11. The zero-order valence-electron chi connectivity index (χ0n) is 8.17. The molecule has 0 spiro atoms. The standard InChI is InChI=1S/C5H6ClF9NP/c1-16(2)17(6,3(7,8)9,4(10,11)12)5(13,14)15/h1-2H3. The molecule has 0 aromatic carbocycles. The second-order valence-corrected chi connectivity index (χ2v) is 9.44. The van der Waals surface area contributed by atoms with Gasteiger partial charge < -0.3 is 0 Å². The Balaban J connectivity index is 6.59. The van der Waals surface area contributed by atoms with Gasteiger partial charge in [-0.15, -0.1) is 0 Å². The van der Waals surface area contributed by atoms with E-state index < -0.39 is 28.5 Å². The van der Waals surface area contributed by atoms with Gasteiger partial charge >= 0.3 is 93.4 Å². The van der Waals surface area contributed by atoms with Gasteiger partial charge in [-0.1, -0.05) is 0 Å². The molecule has 0 aliphatic heterocycles. The van der Waals surface area contributed by atoms with Gasteiger partial charge in [0.05, 0.1) is 0 Å². The molecule has 12 heteroatoms. The Kier molecular flexibility index (Phi) is 3.78. The quantitative estimate of drug-likeness (QED) is 0.499. The number of alkyl halides is 9. The molecule has 0 heterocycles. The molecule has 0 aromatic heterocycles. The number of halogens is 10. The Labute approximate surface area is 94.3 Å². The topological polar surface area (TPSA) is 3.24 Å². The van der Waals surface area contributed by atoms with Gasteiger partial charge in [0, 0.05) is 0 Å². The molecule has 0 rings (SSSR count). The van der Waals surface area contributed by atoms with E-state index >= 15 is 0 Å². The third-order valence-electron chi connectivity index (χ3n) is 2.14. The third kappa shape index (κ3) is 1.63. The molecule has 1 nitrogen and oxygen atoms in total. The van der Waals surface area contributed by atoms with Crippen molar-refractivity contribution in [2.75, 3.05) is 14.1 Å². The van der Waals surface area contributed by atoms with Crippen molar-refractivity contribution >= 4 is 17.3 Å². The molecule has 0 N–H and O–H groups in total. The minimum absolute atomic E-state index is 0.000702. The van der Waals surface area contributed by atoms with Crippen molar-refractivity contribution in [2.24, 2.45) is 0 Å². The average Bonchev–Trinajstić information content (AvgIpc) is 1.94. The van der Waals surface area contributed by atoms with Gasteiger partial charge in [0.1, 0.15) is 0 Å². The zero-order valence-corrected chi connectivity index (χ0v) is 9.82. The van der Waals surface area contributed by atoms with Crippen molar-refractivity contribution in [3.8, 4) is 0 Å². The summed E-state index contributed by atoms with van der Waals surface area (Å²) in [5.41, 5.74) is 0. The third-order valence-corrected chi connectivity index (χ3v) is 9.05. The first-order valence-corrected chi connectivity index (χ1v) is 6.73. The van der Waals surface area contributed by atoms with Gasteiger partial charge in [-0.25, -0.2) is 0 Å². The molecule has 0 fully saturated rings. The molecule has 17 heavy (non-hydrogen) atoms. The van der Waals surface area contributed by atoms with Crippen LogP contribution < -0.4 is 0 Å². The van der Waals surface area contributed by atoms with E-state index in [1.807, 2.05) is 0 Å². The first-order chi connectivity index (χ1) is 7.03. The van der Waals surface area contributed by atoms with E-state index in [2.05, 4.69) is 11.2 Å². The summed E-state index contributed by atoms with van der Waals surface area (Å²) in [4.78, 5) is 0. The molecular formula is C5H6ClF9NP. The number of nitrogens with zero attached hydrogens (tertiary/aromatic N) is 1. The average molecular weight is 318 g/mol. The summed E-state index contributed by atoms with van der Waals surface area (Å²) >= 11 is 4.24. The molecule has 0 saturated heterocycles. The van der Waals surface area contributed by atoms with Crippen LogP contribution in [0.3, 0.4) is 0 Å². The van der Waals surface area contributed by atoms with Crippen LogP contribution in [0.4, 0.5) is 39.5 Å². The van der Waals surface area contributed by atoms with Crippen LogP contribution in [0.15, 0.2) is 0 Å². The molecule has 0 aliphatic rings. The summed E-state index contributed by atoms with van der Waals surface area (Å²) in [5.74, 6) is -20.1. The number of hydrogen-bond acceptors (Lipinski definition) is 1. The molecule has 0 radical (unpaired) electrons. The van der Waals surface area contributed by atoms with Crippen LogP contribution in [0.5, 0.6) is 0 Å². The van der Waals surface area contributed by atoms with Gasteiger partial charge in [-0.3, -0.25) is 0 Å². The van der Waals surface area contributed by atoms with Crippen LogP contribution in [0.1, 0.15) is 0 Å². The fourth-order valence-corrected chi connectivity index (χ4v) is 3.33. The van der Waals surface area contributed by atoms with Crippen LogP contribution in [0.2, 0.25) is 0 Å². The first kappa shape index (κ1) is 17.1. The first-order valence-electron chi connectivity index (χ1n) is 3.64. The van der Waals surface area contributed by atoms with E-state index in [1.54, 1.807) is 0 Å². The van der Waals surface area contributed by atoms with E-state index in [0.717, 1.165) is 0 Å². The Morgan fingerprint density at radius 3 is 0.882 bits per heavy atom. The molecule has 106 valence electrons. The number of hydrogen-bond donors (Lipinski definition) is 0. The number of rotatable bonds is 1. The Morgan fingerprint density at radius 1 is 0.706 bits per heavy atom. The normalized spacial score (nSPS) is 18.1. The van der Waals surface area contributed by atoms with E-state index in [9.17, 15) is 39.5 Å². The van der Waals surface area contributed by atoms with Gasteiger partial charge in [-0.05, 0) is 0 Å². The predicted molar refractivity (Wildman–Crippen MR) is 44.6 cm³/mol. The van der Waals surface area contributed by atoms with Crippen molar-refractivity contribution in [1.82, 2.24) is 4.67 Å². The van der Waals surface area contributed by atoms with E-state index in [4.69, 9.17) is 0 Å². The van der Waals surface area contributed by atoms with Crippen LogP contribution in [-0.2, 0) is 0 Å². The van der Waals surface area contributed by atoms with Crippen LogP contribution >= 0.6 is 17.3 Å². The summed E-state index contributed by atoms with van der Waals surface area (Å²) < 4.78 is 111. The van der Waals surface area contributed by atoms with Crippen LogP contribution in [0.25, 0.3) is 0 Å². The molecule has 0 saturated carbocycles. The second-order valence-electron chi connectivity index (χ2n) is 3.22. The van der Waals surface area contributed by atoms with Gasteiger partial charge in [0.25, 0.3) is 0 Å². The van der Waals surface area contributed by atoms with Crippen molar-refractivity contribution in [2.45, 2.75) is 17.8 Å². The fraction of sp³-hybridized carbons (Fsp3) is 1.00. The Bertz CT molecular complexity index is 263. The molecule has 0 atom stereocenters. The van der Waals surface area contributed by atoms with Gasteiger partial charge in [-0.2, -0.15) is 0 Å². The zero-order chi connectivity index (χ0) is 14.5. The molecule has 0 unspecified atom stereocenters. The van der Waals surface area contributed by atoms with Gasteiger partial charge in [0.2, 0.25) is 0 Å². The molecular weight excluding hydrogens is 311 g/mol. The molecule has 0 bridgehead atoms.